The first-order valence-corrected chi connectivity index (χ1v) is 8.83. The Morgan fingerprint density at radius 2 is 1.47 bits per heavy atom. The fourth-order valence-corrected chi connectivity index (χ4v) is 5.25. The molecule has 0 heterocycles. The number of rotatable bonds is 5. The number of hydrogen-bond donors (Lipinski definition) is 0. The summed E-state index contributed by atoms with van der Waals surface area (Å²) in [6.07, 6.45) is 5.47. The Morgan fingerprint density at radius 1 is 1.00 bits per heavy atom. The van der Waals surface area contributed by atoms with E-state index in [1.807, 2.05) is 20.8 Å². The SMILES string of the molecule is CC[Si](CC)(CC)OC1(C)C=CC=CC1(F)F. The number of alkyl halides is 2. The average Bonchev–Trinajstić information content (AvgIpc) is 2.31. The van der Waals surface area contributed by atoms with E-state index in [-0.39, 0.29) is 0 Å². The molecule has 0 aromatic rings. The Bertz CT molecular complexity index is 313. The minimum absolute atomic E-state index is 0.878. The molecule has 0 aromatic heterocycles. The second kappa shape index (κ2) is 5.02. The van der Waals surface area contributed by atoms with E-state index < -0.39 is 19.8 Å². The lowest BCUT2D eigenvalue weighted by molar-refractivity contribution is -0.101. The molecule has 0 saturated heterocycles. The van der Waals surface area contributed by atoms with Gasteiger partial charge in [-0.25, -0.2) is 0 Å². The van der Waals surface area contributed by atoms with Gasteiger partial charge in [0.2, 0.25) is 0 Å². The van der Waals surface area contributed by atoms with E-state index in [1.54, 1.807) is 6.08 Å². The van der Waals surface area contributed by atoms with Crippen LogP contribution in [0.15, 0.2) is 24.3 Å². The molecule has 0 saturated carbocycles. The predicted octanol–water partition coefficient (Wildman–Crippen LogP) is 4.53. The van der Waals surface area contributed by atoms with Crippen molar-refractivity contribution < 1.29 is 13.2 Å². The van der Waals surface area contributed by atoms with Crippen LogP contribution in [0.3, 0.4) is 0 Å². The van der Waals surface area contributed by atoms with Gasteiger partial charge in [-0.15, -0.1) is 0 Å². The standard InChI is InChI=1S/C13H22F2OSi/c1-5-17(6-2,7-3)16-12(4)10-8-9-11-13(12,14)15/h8-11H,5-7H2,1-4H3. The first-order valence-electron chi connectivity index (χ1n) is 6.30. The molecule has 0 aromatic carbocycles. The van der Waals surface area contributed by atoms with Gasteiger partial charge in [0.15, 0.2) is 8.32 Å². The third-order valence-electron chi connectivity index (χ3n) is 3.85. The molecular weight excluding hydrogens is 238 g/mol. The summed E-state index contributed by atoms with van der Waals surface area (Å²) in [6, 6.07) is 2.63. The van der Waals surface area contributed by atoms with Crippen LogP contribution >= 0.6 is 0 Å². The maximum Gasteiger partial charge on any atom is 0.297 e. The molecule has 0 aliphatic heterocycles. The summed E-state index contributed by atoms with van der Waals surface area (Å²) in [5, 5.41) is 0. The van der Waals surface area contributed by atoms with Crippen LogP contribution in [-0.2, 0) is 4.43 Å². The van der Waals surface area contributed by atoms with Crippen molar-refractivity contribution in [2.45, 2.75) is 57.4 Å². The number of allylic oxidation sites excluding steroid dienone is 2. The van der Waals surface area contributed by atoms with Crippen molar-refractivity contribution in [3.05, 3.63) is 24.3 Å². The van der Waals surface area contributed by atoms with Crippen molar-refractivity contribution in [1.82, 2.24) is 0 Å². The van der Waals surface area contributed by atoms with E-state index in [0.29, 0.717) is 0 Å². The Balaban J connectivity index is 2.99. The fourth-order valence-electron chi connectivity index (χ4n) is 2.21. The highest BCUT2D eigenvalue weighted by Gasteiger charge is 2.52. The molecule has 0 N–H and O–H groups in total. The van der Waals surface area contributed by atoms with Gasteiger partial charge < -0.3 is 4.43 Å². The molecule has 1 rings (SSSR count). The van der Waals surface area contributed by atoms with Crippen LogP contribution in [0, 0.1) is 0 Å². The predicted molar refractivity (Wildman–Crippen MR) is 69.9 cm³/mol. The summed E-state index contributed by atoms with van der Waals surface area (Å²) in [5.41, 5.74) is -1.48. The molecule has 1 aliphatic rings. The maximum absolute atomic E-state index is 14.0. The summed E-state index contributed by atoms with van der Waals surface area (Å²) in [7, 11) is -2.03. The number of halogens is 2. The molecule has 4 heteroatoms. The molecule has 17 heavy (non-hydrogen) atoms. The third kappa shape index (κ3) is 2.68. The Morgan fingerprint density at radius 3 is 1.88 bits per heavy atom. The van der Waals surface area contributed by atoms with E-state index in [9.17, 15) is 8.78 Å². The Labute approximate surface area is 104 Å². The molecule has 0 radical (unpaired) electrons. The van der Waals surface area contributed by atoms with Crippen molar-refractivity contribution in [2.24, 2.45) is 0 Å². The highest BCUT2D eigenvalue weighted by molar-refractivity contribution is 6.73. The normalized spacial score (nSPS) is 27.4. The van der Waals surface area contributed by atoms with E-state index in [4.69, 9.17) is 4.43 Å². The Hall–Kier alpha value is -0.483. The van der Waals surface area contributed by atoms with Crippen LogP contribution in [0.1, 0.15) is 27.7 Å². The van der Waals surface area contributed by atoms with Crippen LogP contribution < -0.4 is 0 Å². The molecule has 1 atom stereocenters. The van der Waals surface area contributed by atoms with Crippen LogP contribution in [0.25, 0.3) is 0 Å². The lowest BCUT2D eigenvalue weighted by atomic mass is 9.94. The third-order valence-corrected chi connectivity index (χ3v) is 8.58. The van der Waals surface area contributed by atoms with Gasteiger partial charge >= 0.3 is 0 Å². The van der Waals surface area contributed by atoms with E-state index >= 15 is 0 Å². The van der Waals surface area contributed by atoms with Crippen molar-refractivity contribution in [2.75, 3.05) is 0 Å². The zero-order chi connectivity index (χ0) is 13.2. The van der Waals surface area contributed by atoms with Gasteiger partial charge in [-0.1, -0.05) is 32.9 Å². The summed E-state index contributed by atoms with van der Waals surface area (Å²) < 4.78 is 33.9. The first kappa shape index (κ1) is 14.6. The summed E-state index contributed by atoms with van der Waals surface area (Å²) in [5.74, 6) is -2.92. The molecule has 0 bridgehead atoms. The fraction of sp³-hybridized carbons (Fsp3) is 0.692. The van der Waals surface area contributed by atoms with Crippen molar-refractivity contribution in [3.8, 4) is 0 Å². The van der Waals surface area contributed by atoms with Gasteiger partial charge in [-0.05, 0) is 37.2 Å². The molecule has 1 nitrogen and oxygen atoms in total. The van der Waals surface area contributed by atoms with Gasteiger partial charge in [0.25, 0.3) is 5.92 Å². The van der Waals surface area contributed by atoms with Crippen LogP contribution in [0.4, 0.5) is 8.78 Å². The van der Waals surface area contributed by atoms with E-state index in [0.717, 1.165) is 24.2 Å². The quantitative estimate of drug-likeness (QED) is 0.660. The molecule has 1 aliphatic carbocycles. The van der Waals surface area contributed by atoms with Crippen molar-refractivity contribution >= 4 is 8.32 Å². The van der Waals surface area contributed by atoms with E-state index in [1.165, 1.54) is 19.1 Å². The van der Waals surface area contributed by atoms with Gasteiger partial charge in [-0.3, -0.25) is 0 Å². The smallest absolute Gasteiger partial charge is 0.297 e. The lowest BCUT2D eigenvalue weighted by Crippen LogP contribution is -2.54. The lowest BCUT2D eigenvalue weighted by Gasteiger charge is -2.42. The van der Waals surface area contributed by atoms with Gasteiger partial charge in [0.1, 0.15) is 5.60 Å². The van der Waals surface area contributed by atoms with Crippen LogP contribution in [0.2, 0.25) is 18.1 Å². The summed E-state index contributed by atoms with van der Waals surface area (Å²) in [6.45, 7) is 7.63. The second-order valence-electron chi connectivity index (χ2n) is 4.79. The maximum atomic E-state index is 14.0. The molecule has 0 spiro atoms. The van der Waals surface area contributed by atoms with E-state index in [2.05, 4.69) is 0 Å². The van der Waals surface area contributed by atoms with Crippen LogP contribution in [0.5, 0.6) is 0 Å². The first-order chi connectivity index (χ1) is 7.85. The second-order valence-corrected chi connectivity index (χ2v) is 9.49. The minimum atomic E-state index is -2.92. The zero-order valence-electron chi connectivity index (χ0n) is 11.1. The van der Waals surface area contributed by atoms with Gasteiger partial charge in [-0.2, -0.15) is 8.78 Å². The van der Waals surface area contributed by atoms with Gasteiger partial charge in [0, 0.05) is 0 Å². The molecular formula is C13H22F2OSi. The minimum Gasteiger partial charge on any atom is -0.402 e. The van der Waals surface area contributed by atoms with Crippen molar-refractivity contribution in [3.63, 3.8) is 0 Å². The highest BCUT2D eigenvalue weighted by Crippen LogP contribution is 2.41. The molecule has 1 unspecified atom stereocenters. The van der Waals surface area contributed by atoms with Crippen LogP contribution in [-0.4, -0.2) is 19.8 Å². The monoisotopic (exact) mass is 260 g/mol. The average molecular weight is 260 g/mol. The molecule has 98 valence electrons. The van der Waals surface area contributed by atoms with Gasteiger partial charge in [0.05, 0.1) is 0 Å². The van der Waals surface area contributed by atoms with Crippen molar-refractivity contribution in [1.29, 1.82) is 0 Å². The largest absolute Gasteiger partial charge is 0.402 e. The summed E-state index contributed by atoms with van der Waals surface area (Å²) >= 11 is 0. The topological polar surface area (TPSA) is 9.23 Å². The highest BCUT2D eigenvalue weighted by atomic mass is 28.4. The molecule has 0 fully saturated rings. The zero-order valence-corrected chi connectivity index (χ0v) is 12.1. The molecule has 0 amide bonds. The Kier molecular flexibility index (Phi) is 4.31. The summed E-state index contributed by atoms with van der Waals surface area (Å²) in [4.78, 5) is 0. The number of hydrogen-bond acceptors (Lipinski definition) is 1.